The molecule has 150 valence electrons. The van der Waals surface area contributed by atoms with Crippen LogP contribution < -0.4 is 20.1 Å². The zero-order valence-corrected chi connectivity index (χ0v) is 17.1. The summed E-state index contributed by atoms with van der Waals surface area (Å²) in [5.41, 5.74) is 0.114. The Kier molecular flexibility index (Phi) is 6.35. The van der Waals surface area contributed by atoms with Crippen LogP contribution in [0.5, 0.6) is 17.2 Å². The maximum absolute atomic E-state index is 13.7. The van der Waals surface area contributed by atoms with Crippen LogP contribution in [-0.4, -0.2) is 23.9 Å². The maximum atomic E-state index is 13.7. The minimum absolute atomic E-state index is 0.0124. The molecule has 0 fully saturated rings. The number of thiol groups is 1. The Morgan fingerprint density at radius 3 is 2.41 bits per heavy atom. The van der Waals surface area contributed by atoms with Gasteiger partial charge in [0.1, 0.15) is 10.8 Å². The standard InChI is InChI=1S/C19H16FN3O4S2/c1-10-18(28)23-19(29-10)22-17(25)16(24)21-12-8-7-11(20)9-15(12)27-14-6-4-3-5-13(14)26-2/h3-9,28H,1-2H3,(H,21,24)(H,22,23,25). The number of carbonyl (C=O) groups is 2. The van der Waals surface area contributed by atoms with Crippen molar-refractivity contribution < 1.29 is 23.5 Å². The number of amides is 2. The summed E-state index contributed by atoms with van der Waals surface area (Å²) in [7, 11) is 1.47. The number of thiazole rings is 1. The highest BCUT2D eigenvalue weighted by Crippen LogP contribution is 2.35. The number of aromatic nitrogens is 1. The maximum Gasteiger partial charge on any atom is 0.315 e. The minimum atomic E-state index is -0.963. The summed E-state index contributed by atoms with van der Waals surface area (Å²) in [6.45, 7) is 1.79. The Labute approximate surface area is 175 Å². The first-order valence-corrected chi connectivity index (χ1v) is 9.53. The summed E-state index contributed by atoms with van der Waals surface area (Å²) in [4.78, 5) is 29.3. The highest BCUT2D eigenvalue weighted by molar-refractivity contribution is 7.80. The fourth-order valence-electron chi connectivity index (χ4n) is 2.28. The summed E-state index contributed by atoms with van der Waals surface area (Å²) < 4.78 is 24.6. The van der Waals surface area contributed by atoms with Gasteiger partial charge in [0.25, 0.3) is 0 Å². The number of aryl methyl sites for hydroxylation is 1. The van der Waals surface area contributed by atoms with Crippen LogP contribution >= 0.6 is 24.0 Å². The number of rotatable bonds is 5. The van der Waals surface area contributed by atoms with Gasteiger partial charge < -0.3 is 14.8 Å². The van der Waals surface area contributed by atoms with Crippen LogP contribution in [0.15, 0.2) is 47.5 Å². The number of carbonyl (C=O) groups excluding carboxylic acids is 2. The number of anilines is 2. The molecule has 0 unspecified atom stereocenters. The molecule has 0 spiro atoms. The van der Waals surface area contributed by atoms with Crippen molar-refractivity contribution in [2.24, 2.45) is 0 Å². The molecule has 2 N–H and O–H groups in total. The van der Waals surface area contributed by atoms with Gasteiger partial charge in [-0.05, 0) is 31.2 Å². The number of nitrogens with one attached hydrogen (secondary N) is 2. The van der Waals surface area contributed by atoms with Crippen molar-refractivity contribution >= 4 is 46.6 Å². The molecule has 1 heterocycles. The van der Waals surface area contributed by atoms with Crippen molar-refractivity contribution in [3.63, 3.8) is 0 Å². The zero-order chi connectivity index (χ0) is 21.0. The topological polar surface area (TPSA) is 89.5 Å². The van der Waals surface area contributed by atoms with Crippen LogP contribution in [0.3, 0.4) is 0 Å². The van der Waals surface area contributed by atoms with E-state index in [0.717, 1.165) is 17.0 Å². The van der Waals surface area contributed by atoms with Gasteiger partial charge >= 0.3 is 11.8 Å². The number of para-hydroxylation sites is 2. The first kappa shape index (κ1) is 20.6. The molecular weight excluding hydrogens is 417 g/mol. The van der Waals surface area contributed by atoms with Crippen LogP contribution in [0.2, 0.25) is 0 Å². The third kappa shape index (κ3) is 5.04. The summed E-state index contributed by atoms with van der Waals surface area (Å²) in [5, 5.41) is 5.52. The van der Waals surface area contributed by atoms with E-state index in [-0.39, 0.29) is 16.6 Å². The lowest BCUT2D eigenvalue weighted by Crippen LogP contribution is -2.29. The lowest BCUT2D eigenvalue weighted by molar-refractivity contribution is -0.133. The van der Waals surface area contributed by atoms with Crippen LogP contribution in [0.4, 0.5) is 15.2 Å². The molecule has 29 heavy (non-hydrogen) atoms. The van der Waals surface area contributed by atoms with Gasteiger partial charge in [0.15, 0.2) is 22.4 Å². The van der Waals surface area contributed by atoms with Crippen LogP contribution in [-0.2, 0) is 9.59 Å². The third-order valence-corrected chi connectivity index (χ3v) is 5.15. The van der Waals surface area contributed by atoms with E-state index >= 15 is 0 Å². The molecule has 0 radical (unpaired) electrons. The molecule has 1 aromatic heterocycles. The largest absolute Gasteiger partial charge is 0.493 e. The molecule has 3 rings (SSSR count). The Morgan fingerprint density at radius 2 is 1.76 bits per heavy atom. The molecule has 0 bridgehead atoms. The highest BCUT2D eigenvalue weighted by Gasteiger charge is 2.19. The normalized spacial score (nSPS) is 10.3. The number of hydrogen-bond acceptors (Lipinski definition) is 7. The van der Waals surface area contributed by atoms with E-state index in [1.807, 2.05) is 0 Å². The number of nitrogens with zero attached hydrogens (tertiary/aromatic N) is 1. The summed E-state index contributed by atoms with van der Waals surface area (Å²) in [6.07, 6.45) is 0. The van der Waals surface area contributed by atoms with E-state index in [9.17, 15) is 14.0 Å². The average Bonchev–Trinajstić information content (AvgIpc) is 3.01. The van der Waals surface area contributed by atoms with Crippen molar-refractivity contribution in [2.45, 2.75) is 11.9 Å². The molecule has 2 aromatic carbocycles. The van der Waals surface area contributed by atoms with Crippen molar-refractivity contribution in [3.05, 3.63) is 53.2 Å². The second-order valence-electron chi connectivity index (χ2n) is 5.70. The average molecular weight is 433 g/mol. The third-order valence-electron chi connectivity index (χ3n) is 3.68. The zero-order valence-electron chi connectivity index (χ0n) is 15.4. The van der Waals surface area contributed by atoms with Crippen molar-refractivity contribution in [3.8, 4) is 17.2 Å². The Hall–Kier alpha value is -3.11. The van der Waals surface area contributed by atoms with Gasteiger partial charge in [-0.3, -0.25) is 14.9 Å². The molecule has 0 atom stereocenters. The van der Waals surface area contributed by atoms with Gasteiger partial charge in [0.2, 0.25) is 0 Å². The van der Waals surface area contributed by atoms with Gasteiger partial charge in [-0.2, -0.15) is 0 Å². The van der Waals surface area contributed by atoms with Crippen LogP contribution in [0.1, 0.15) is 4.88 Å². The van der Waals surface area contributed by atoms with E-state index in [1.54, 1.807) is 31.2 Å². The van der Waals surface area contributed by atoms with E-state index in [4.69, 9.17) is 9.47 Å². The summed E-state index contributed by atoms with van der Waals surface area (Å²) in [5.74, 6) is -1.71. The van der Waals surface area contributed by atoms with Crippen LogP contribution in [0.25, 0.3) is 0 Å². The van der Waals surface area contributed by atoms with E-state index in [2.05, 4.69) is 28.2 Å². The van der Waals surface area contributed by atoms with Crippen molar-refractivity contribution in [1.82, 2.24) is 4.98 Å². The number of hydrogen-bond donors (Lipinski definition) is 3. The molecule has 0 aliphatic carbocycles. The molecule has 0 aliphatic heterocycles. The number of ether oxygens (including phenoxy) is 2. The highest BCUT2D eigenvalue weighted by atomic mass is 32.1. The Bertz CT molecular complexity index is 1050. The van der Waals surface area contributed by atoms with Crippen molar-refractivity contribution in [1.29, 1.82) is 0 Å². The molecular formula is C19H16FN3O4S2. The number of benzene rings is 2. The lowest BCUT2D eigenvalue weighted by atomic mass is 10.2. The van der Waals surface area contributed by atoms with Crippen LogP contribution in [0, 0.1) is 12.7 Å². The van der Waals surface area contributed by atoms with E-state index in [0.29, 0.717) is 16.5 Å². The summed E-state index contributed by atoms with van der Waals surface area (Å²) >= 11 is 5.33. The van der Waals surface area contributed by atoms with Gasteiger partial charge in [-0.1, -0.05) is 12.1 Å². The molecule has 3 aromatic rings. The van der Waals surface area contributed by atoms with Crippen molar-refractivity contribution in [2.75, 3.05) is 17.7 Å². The van der Waals surface area contributed by atoms with Gasteiger partial charge in [0.05, 0.1) is 12.8 Å². The number of methoxy groups -OCH3 is 1. The predicted octanol–water partition coefficient (Wildman–Crippen LogP) is 4.26. The Morgan fingerprint density at radius 1 is 1.07 bits per heavy atom. The van der Waals surface area contributed by atoms with Gasteiger partial charge in [-0.15, -0.1) is 24.0 Å². The molecule has 10 heteroatoms. The first-order chi connectivity index (χ1) is 13.9. The Balaban J connectivity index is 1.78. The lowest BCUT2D eigenvalue weighted by Gasteiger charge is -2.14. The van der Waals surface area contributed by atoms with Gasteiger partial charge in [0, 0.05) is 10.9 Å². The van der Waals surface area contributed by atoms with E-state index in [1.165, 1.54) is 24.5 Å². The molecule has 0 saturated carbocycles. The predicted molar refractivity (Wildman–Crippen MR) is 111 cm³/mol. The fourth-order valence-corrected chi connectivity index (χ4v) is 3.29. The smallest absolute Gasteiger partial charge is 0.315 e. The molecule has 7 nitrogen and oxygen atoms in total. The molecule has 0 aliphatic rings. The SMILES string of the molecule is COc1ccccc1Oc1cc(F)ccc1NC(=O)C(=O)Nc1nc(S)c(C)s1. The molecule has 2 amide bonds. The first-order valence-electron chi connectivity index (χ1n) is 8.26. The van der Waals surface area contributed by atoms with E-state index < -0.39 is 17.6 Å². The quantitative estimate of drug-likeness (QED) is 0.413. The second kappa shape index (κ2) is 8.93. The summed E-state index contributed by atoms with van der Waals surface area (Å²) in [6, 6.07) is 10.3. The molecule has 0 saturated heterocycles. The second-order valence-corrected chi connectivity index (χ2v) is 7.33. The fraction of sp³-hybridized carbons (Fsp3) is 0.105. The van der Waals surface area contributed by atoms with Gasteiger partial charge in [-0.25, -0.2) is 9.37 Å². The minimum Gasteiger partial charge on any atom is -0.493 e. The monoisotopic (exact) mass is 433 g/mol. The number of halogens is 1.